The first-order valence-electron chi connectivity index (χ1n) is 16.3. The number of hydrogen-bond acceptors (Lipinski definition) is 9. The number of ether oxygens (including phenoxy) is 2. The van der Waals surface area contributed by atoms with Crippen LogP contribution in [0.5, 0.6) is 11.5 Å². The molecule has 1 aliphatic heterocycles. The SMILES string of the molecule is CCCCCOc1ccc(C2C(=C(O)c3ccc(OCc4cccc(C)c4)cc3)C(=O)C(=O)N2c2nnc(SCc3ccc(F)cc3)s2)cc1. The molecule has 1 fully saturated rings. The first-order chi connectivity index (χ1) is 24.3. The number of nitrogens with zero attached hydrogens (tertiary/aromatic N) is 3. The minimum Gasteiger partial charge on any atom is -0.507 e. The Labute approximate surface area is 298 Å². The van der Waals surface area contributed by atoms with E-state index in [1.54, 1.807) is 60.7 Å². The third-order valence-corrected chi connectivity index (χ3v) is 10.3. The number of halogens is 1. The number of rotatable bonds is 14. The number of anilines is 1. The van der Waals surface area contributed by atoms with E-state index in [9.17, 15) is 19.1 Å². The summed E-state index contributed by atoms with van der Waals surface area (Å²) >= 11 is 2.55. The Bertz CT molecular complexity index is 1980. The minimum atomic E-state index is -0.968. The van der Waals surface area contributed by atoms with Gasteiger partial charge in [0.2, 0.25) is 5.13 Å². The van der Waals surface area contributed by atoms with E-state index in [0.717, 1.165) is 36.0 Å². The zero-order chi connectivity index (χ0) is 35.0. The largest absolute Gasteiger partial charge is 0.507 e. The number of aromatic nitrogens is 2. The normalized spacial score (nSPS) is 15.4. The zero-order valence-corrected chi connectivity index (χ0v) is 29.3. The van der Waals surface area contributed by atoms with Crippen molar-refractivity contribution in [1.82, 2.24) is 10.2 Å². The van der Waals surface area contributed by atoms with Crippen molar-refractivity contribution in [1.29, 1.82) is 0 Å². The summed E-state index contributed by atoms with van der Waals surface area (Å²) in [5.41, 5.74) is 3.97. The molecule has 0 radical (unpaired) electrons. The van der Waals surface area contributed by atoms with Gasteiger partial charge in [0.25, 0.3) is 5.78 Å². The van der Waals surface area contributed by atoms with Gasteiger partial charge in [0.05, 0.1) is 18.2 Å². The van der Waals surface area contributed by atoms with Gasteiger partial charge in [0.1, 0.15) is 29.7 Å². The summed E-state index contributed by atoms with van der Waals surface area (Å²) < 4.78 is 25.8. The molecule has 8 nitrogen and oxygen atoms in total. The van der Waals surface area contributed by atoms with Crippen LogP contribution in [0, 0.1) is 12.7 Å². The highest BCUT2D eigenvalue weighted by Crippen LogP contribution is 2.44. The molecule has 4 aromatic carbocycles. The number of aryl methyl sites for hydroxylation is 1. The first kappa shape index (κ1) is 34.8. The Kier molecular flexibility index (Phi) is 11.2. The molecule has 11 heteroatoms. The number of amides is 1. The molecular formula is C39H36FN3O5S2. The molecule has 0 aliphatic carbocycles. The lowest BCUT2D eigenvalue weighted by Crippen LogP contribution is -2.29. The van der Waals surface area contributed by atoms with E-state index >= 15 is 0 Å². The average Bonchev–Trinajstić information content (AvgIpc) is 3.70. The molecule has 1 N–H and O–H groups in total. The lowest BCUT2D eigenvalue weighted by Gasteiger charge is -2.22. The summed E-state index contributed by atoms with van der Waals surface area (Å²) in [5.74, 6) is -0.500. The highest BCUT2D eigenvalue weighted by Gasteiger charge is 2.48. The van der Waals surface area contributed by atoms with Crippen LogP contribution in [0.25, 0.3) is 5.76 Å². The molecule has 0 bridgehead atoms. The van der Waals surface area contributed by atoms with Gasteiger partial charge < -0.3 is 14.6 Å². The maximum Gasteiger partial charge on any atom is 0.301 e. The topological polar surface area (TPSA) is 102 Å². The number of aliphatic hydroxyl groups excluding tert-OH is 1. The van der Waals surface area contributed by atoms with Gasteiger partial charge in [-0.25, -0.2) is 4.39 Å². The number of unbranched alkanes of at least 4 members (excludes halogenated alkanes) is 2. The van der Waals surface area contributed by atoms with Crippen LogP contribution in [0.2, 0.25) is 0 Å². The molecule has 1 atom stereocenters. The maximum atomic E-state index is 13.7. The quantitative estimate of drug-likeness (QED) is 0.0304. The van der Waals surface area contributed by atoms with Crippen LogP contribution in [-0.4, -0.2) is 33.6 Å². The highest BCUT2D eigenvalue weighted by molar-refractivity contribution is 8.00. The Morgan fingerprint density at radius 2 is 1.62 bits per heavy atom. The molecule has 1 aliphatic rings. The molecule has 6 rings (SSSR count). The van der Waals surface area contributed by atoms with Gasteiger partial charge in [0.15, 0.2) is 4.34 Å². The van der Waals surface area contributed by atoms with Crippen molar-refractivity contribution >= 4 is 45.7 Å². The van der Waals surface area contributed by atoms with E-state index in [1.807, 2.05) is 25.1 Å². The molecule has 256 valence electrons. The summed E-state index contributed by atoms with van der Waals surface area (Å²) in [4.78, 5) is 28.7. The molecular weight excluding hydrogens is 674 g/mol. The highest BCUT2D eigenvalue weighted by atomic mass is 32.2. The van der Waals surface area contributed by atoms with Crippen LogP contribution in [0.1, 0.15) is 60.0 Å². The number of carbonyl (C=O) groups is 2. The summed E-state index contributed by atoms with van der Waals surface area (Å²) in [6.45, 7) is 5.11. The molecule has 0 saturated carbocycles. The Morgan fingerprint density at radius 1 is 0.900 bits per heavy atom. The lowest BCUT2D eigenvalue weighted by molar-refractivity contribution is -0.132. The Balaban J connectivity index is 1.29. The zero-order valence-electron chi connectivity index (χ0n) is 27.7. The molecule has 1 aromatic heterocycles. The van der Waals surface area contributed by atoms with Gasteiger partial charge >= 0.3 is 5.91 Å². The fraction of sp³-hybridized carbons (Fsp3) is 0.231. The average molecular weight is 710 g/mol. The number of hydrogen-bond donors (Lipinski definition) is 1. The van der Waals surface area contributed by atoms with E-state index in [1.165, 1.54) is 40.1 Å². The predicted octanol–water partition coefficient (Wildman–Crippen LogP) is 9.05. The standard InChI is InChI=1S/C39H36FN3O5S2/c1-3-4-5-21-47-31-17-11-28(12-18-31)34-33(35(44)29-13-19-32(20-14-29)48-23-27-8-6-7-25(2)22-27)36(45)37(46)43(34)38-41-42-39(50-38)49-24-26-9-15-30(40)16-10-26/h6-20,22,34,44H,3-5,21,23-24H2,1-2H3. The molecule has 1 amide bonds. The number of ketones is 1. The molecule has 5 aromatic rings. The Hall–Kier alpha value is -5.00. The van der Waals surface area contributed by atoms with Gasteiger partial charge in [-0.3, -0.25) is 14.5 Å². The van der Waals surface area contributed by atoms with Crippen molar-refractivity contribution in [2.24, 2.45) is 0 Å². The van der Waals surface area contributed by atoms with Crippen molar-refractivity contribution in [3.05, 3.63) is 136 Å². The molecule has 1 unspecified atom stereocenters. The van der Waals surface area contributed by atoms with E-state index in [-0.39, 0.29) is 22.3 Å². The van der Waals surface area contributed by atoms with E-state index < -0.39 is 17.7 Å². The number of thioether (sulfide) groups is 1. The third-order valence-electron chi connectivity index (χ3n) is 8.15. The minimum absolute atomic E-state index is 0.0595. The lowest BCUT2D eigenvalue weighted by atomic mass is 9.95. The second-order valence-electron chi connectivity index (χ2n) is 11.9. The number of Topliss-reactive ketones (excluding diaryl/α,β-unsaturated/α-hetero) is 1. The van der Waals surface area contributed by atoms with Gasteiger partial charge in [-0.1, -0.05) is 97.0 Å². The smallest absolute Gasteiger partial charge is 0.301 e. The first-order valence-corrected chi connectivity index (χ1v) is 18.1. The predicted molar refractivity (Wildman–Crippen MR) is 194 cm³/mol. The van der Waals surface area contributed by atoms with Gasteiger partial charge in [0, 0.05) is 11.3 Å². The third kappa shape index (κ3) is 8.23. The summed E-state index contributed by atoms with van der Waals surface area (Å²) in [5, 5.41) is 20.4. The van der Waals surface area contributed by atoms with Crippen molar-refractivity contribution in [3.8, 4) is 11.5 Å². The van der Waals surface area contributed by atoms with Crippen molar-refractivity contribution in [3.63, 3.8) is 0 Å². The van der Waals surface area contributed by atoms with Crippen molar-refractivity contribution in [2.45, 2.75) is 55.9 Å². The second kappa shape index (κ2) is 16.1. The molecule has 0 spiro atoms. The monoisotopic (exact) mass is 709 g/mol. The van der Waals surface area contributed by atoms with Crippen LogP contribution in [0.15, 0.2) is 107 Å². The van der Waals surface area contributed by atoms with Crippen LogP contribution in [-0.2, 0) is 21.9 Å². The van der Waals surface area contributed by atoms with Crippen LogP contribution >= 0.6 is 23.1 Å². The van der Waals surface area contributed by atoms with Crippen molar-refractivity contribution in [2.75, 3.05) is 11.5 Å². The van der Waals surface area contributed by atoms with Gasteiger partial charge in [-0.05, 0) is 78.6 Å². The number of carbonyl (C=O) groups excluding carboxylic acids is 2. The Morgan fingerprint density at radius 3 is 2.34 bits per heavy atom. The number of aliphatic hydroxyl groups is 1. The van der Waals surface area contributed by atoms with Crippen LogP contribution < -0.4 is 14.4 Å². The summed E-state index contributed by atoms with van der Waals surface area (Å²) in [7, 11) is 0. The fourth-order valence-corrected chi connectivity index (χ4v) is 7.37. The molecule has 50 heavy (non-hydrogen) atoms. The van der Waals surface area contributed by atoms with E-state index in [4.69, 9.17) is 9.47 Å². The maximum absolute atomic E-state index is 13.7. The fourth-order valence-electron chi connectivity index (χ4n) is 5.55. The number of benzene rings is 4. The van der Waals surface area contributed by atoms with E-state index in [2.05, 4.69) is 23.2 Å². The van der Waals surface area contributed by atoms with Crippen LogP contribution in [0.3, 0.4) is 0 Å². The van der Waals surface area contributed by atoms with E-state index in [0.29, 0.717) is 45.9 Å². The molecule has 2 heterocycles. The van der Waals surface area contributed by atoms with Gasteiger partial charge in [-0.15, -0.1) is 10.2 Å². The molecule has 1 saturated heterocycles. The van der Waals surface area contributed by atoms with Crippen molar-refractivity contribution < 1.29 is 28.6 Å². The second-order valence-corrected chi connectivity index (χ2v) is 14.0. The summed E-state index contributed by atoms with van der Waals surface area (Å²) in [6.07, 6.45) is 3.09. The summed E-state index contributed by atoms with van der Waals surface area (Å²) in [6, 6.07) is 27.2. The van der Waals surface area contributed by atoms with Gasteiger partial charge in [-0.2, -0.15) is 0 Å². The van der Waals surface area contributed by atoms with Crippen LogP contribution in [0.4, 0.5) is 9.52 Å².